The minimum atomic E-state index is -0.188. The first-order valence-electron chi connectivity index (χ1n) is 12.0. The molecule has 1 spiro atoms. The number of piperidine rings is 2. The van der Waals surface area contributed by atoms with E-state index in [9.17, 15) is 9.59 Å². The lowest BCUT2D eigenvalue weighted by Gasteiger charge is -2.55. The lowest BCUT2D eigenvalue weighted by molar-refractivity contribution is -0.134. The predicted octanol–water partition coefficient (Wildman–Crippen LogP) is 3.69. The van der Waals surface area contributed by atoms with Gasteiger partial charge in [0, 0.05) is 44.8 Å². The van der Waals surface area contributed by atoms with Crippen LogP contribution in [0.5, 0.6) is 0 Å². The molecule has 5 nitrogen and oxygen atoms in total. The highest BCUT2D eigenvalue weighted by atomic mass is 16.2. The molecule has 1 unspecified atom stereocenters. The van der Waals surface area contributed by atoms with E-state index in [2.05, 4.69) is 39.4 Å². The van der Waals surface area contributed by atoms with Crippen molar-refractivity contribution in [2.75, 3.05) is 37.6 Å². The number of imide groups is 1. The van der Waals surface area contributed by atoms with E-state index in [1.807, 2.05) is 0 Å². The number of amides is 2. The van der Waals surface area contributed by atoms with Gasteiger partial charge < -0.3 is 9.80 Å². The summed E-state index contributed by atoms with van der Waals surface area (Å²) in [7, 11) is 0. The Morgan fingerprint density at radius 1 is 0.933 bits per heavy atom. The summed E-state index contributed by atoms with van der Waals surface area (Å²) in [6.07, 6.45) is 10.9. The summed E-state index contributed by atoms with van der Waals surface area (Å²) in [5.74, 6) is 0.468. The van der Waals surface area contributed by atoms with Crippen LogP contribution in [-0.4, -0.2) is 49.4 Å². The predicted molar refractivity (Wildman–Crippen MR) is 118 cm³/mol. The van der Waals surface area contributed by atoms with Crippen LogP contribution < -0.4 is 10.2 Å². The number of carbonyl (C=O) groups excluding carboxylic acids is 2. The number of likely N-dealkylation sites (tertiary alicyclic amines) is 1. The molecule has 2 amide bonds. The highest BCUT2D eigenvalue weighted by Gasteiger charge is 2.45. The van der Waals surface area contributed by atoms with Crippen molar-refractivity contribution in [1.29, 1.82) is 0 Å². The maximum atomic E-state index is 12.1. The second-order valence-corrected chi connectivity index (χ2v) is 10.3. The Balaban J connectivity index is 1.11. The molecule has 1 saturated carbocycles. The summed E-state index contributed by atoms with van der Waals surface area (Å²) in [4.78, 5) is 28.7. The Bertz CT molecular complexity index is 768. The van der Waals surface area contributed by atoms with Crippen molar-refractivity contribution >= 4 is 17.5 Å². The first kappa shape index (κ1) is 20.0. The van der Waals surface area contributed by atoms with Gasteiger partial charge in [0.05, 0.1) is 5.92 Å². The van der Waals surface area contributed by atoms with Crippen LogP contribution >= 0.6 is 0 Å². The highest BCUT2D eigenvalue weighted by Crippen LogP contribution is 2.42. The first-order chi connectivity index (χ1) is 14.6. The van der Waals surface area contributed by atoms with Crippen molar-refractivity contribution in [3.8, 4) is 0 Å². The van der Waals surface area contributed by atoms with Gasteiger partial charge in [0.2, 0.25) is 11.8 Å². The zero-order valence-corrected chi connectivity index (χ0v) is 18.1. The van der Waals surface area contributed by atoms with E-state index in [-0.39, 0.29) is 17.7 Å². The number of rotatable bonds is 4. The molecule has 1 atom stereocenters. The highest BCUT2D eigenvalue weighted by molar-refractivity contribution is 6.00. The van der Waals surface area contributed by atoms with E-state index in [1.165, 1.54) is 70.3 Å². The molecule has 30 heavy (non-hydrogen) atoms. The van der Waals surface area contributed by atoms with Crippen molar-refractivity contribution in [2.24, 2.45) is 11.3 Å². The summed E-state index contributed by atoms with van der Waals surface area (Å²) >= 11 is 0. The van der Waals surface area contributed by atoms with E-state index in [4.69, 9.17) is 0 Å². The van der Waals surface area contributed by atoms with Crippen LogP contribution in [0.3, 0.4) is 0 Å². The molecule has 3 aliphatic heterocycles. The van der Waals surface area contributed by atoms with Gasteiger partial charge >= 0.3 is 0 Å². The average molecular weight is 410 g/mol. The van der Waals surface area contributed by atoms with Gasteiger partial charge in [-0.05, 0) is 61.1 Å². The Morgan fingerprint density at radius 2 is 1.63 bits per heavy atom. The maximum absolute atomic E-state index is 12.1. The van der Waals surface area contributed by atoms with Crippen molar-refractivity contribution < 1.29 is 9.59 Å². The fourth-order valence-electron chi connectivity index (χ4n) is 6.25. The Hall–Kier alpha value is -1.88. The molecule has 4 fully saturated rings. The molecular weight excluding hydrogens is 374 g/mol. The second kappa shape index (κ2) is 8.33. The molecule has 1 aliphatic carbocycles. The molecule has 0 bridgehead atoms. The maximum Gasteiger partial charge on any atom is 0.234 e. The van der Waals surface area contributed by atoms with Crippen molar-refractivity contribution in [3.05, 3.63) is 29.8 Å². The van der Waals surface area contributed by atoms with Crippen LogP contribution in [0.4, 0.5) is 5.69 Å². The molecule has 3 heterocycles. The lowest BCUT2D eigenvalue weighted by Crippen LogP contribution is -2.61. The summed E-state index contributed by atoms with van der Waals surface area (Å²) < 4.78 is 0. The first-order valence-corrected chi connectivity index (χ1v) is 12.0. The van der Waals surface area contributed by atoms with Gasteiger partial charge in [0.25, 0.3) is 0 Å². The molecule has 3 saturated heterocycles. The summed E-state index contributed by atoms with van der Waals surface area (Å²) in [6.45, 7) is 6.23. The number of hydrogen-bond donors (Lipinski definition) is 1. The van der Waals surface area contributed by atoms with E-state index in [0.29, 0.717) is 18.3 Å². The second-order valence-electron chi connectivity index (χ2n) is 10.3. The number of benzene rings is 1. The van der Waals surface area contributed by atoms with Gasteiger partial charge in [-0.25, -0.2) is 0 Å². The summed E-state index contributed by atoms with van der Waals surface area (Å²) in [5, 5.41) is 2.46. The molecule has 5 heteroatoms. The number of nitrogens with one attached hydrogen (secondary N) is 1. The van der Waals surface area contributed by atoms with Crippen LogP contribution in [-0.2, 0) is 9.59 Å². The zero-order chi connectivity index (χ0) is 20.6. The standard InChI is InChI=1S/C25H35N3O2/c29-23-11-10-22(24(30)26-23)20-6-8-21(9-7-20)28-14-12-25(13-15-28)17-27(18-25)16-19-4-2-1-3-5-19/h6-9,19,22H,1-5,10-18H2,(H,26,29,30). The SMILES string of the molecule is O=C1CCC(c2ccc(N3CCC4(CC3)CN(CC3CCCCC3)C4)cc2)C(=O)N1. The van der Waals surface area contributed by atoms with Gasteiger partial charge in [0.15, 0.2) is 0 Å². The van der Waals surface area contributed by atoms with Gasteiger partial charge in [-0.2, -0.15) is 0 Å². The molecule has 0 aromatic heterocycles. The van der Waals surface area contributed by atoms with E-state index < -0.39 is 0 Å². The number of carbonyl (C=O) groups is 2. The van der Waals surface area contributed by atoms with Crippen molar-refractivity contribution in [2.45, 2.75) is 63.7 Å². The molecule has 1 N–H and O–H groups in total. The van der Waals surface area contributed by atoms with Gasteiger partial charge in [-0.1, -0.05) is 31.4 Å². The van der Waals surface area contributed by atoms with Crippen LogP contribution in [0.15, 0.2) is 24.3 Å². The van der Waals surface area contributed by atoms with Crippen LogP contribution in [0, 0.1) is 11.3 Å². The molecule has 1 aromatic carbocycles. The third-order valence-electron chi connectivity index (χ3n) is 8.08. The summed E-state index contributed by atoms with van der Waals surface area (Å²) in [6, 6.07) is 8.48. The van der Waals surface area contributed by atoms with E-state index >= 15 is 0 Å². The lowest BCUT2D eigenvalue weighted by atomic mass is 9.71. The zero-order valence-electron chi connectivity index (χ0n) is 18.1. The number of nitrogens with zero attached hydrogens (tertiary/aromatic N) is 2. The quantitative estimate of drug-likeness (QED) is 0.771. The fourth-order valence-corrected chi connectivity index (χ4v) is 6.25. The Morgan fingerprint density at radius 3 is 2.30 bits per heavy atom. The van der Waals surface area contributed by atoms with Crippen LogP contribution in [0.1, 0.15) is 69.3 Å². The summed E-state index contributed by atoms with van der Waals surface area (Å²) in [5.41, 5.74) is 2.85. The molecule has 4 aliphatic rings. The van der Waals surface area contributed by atoms with Crippen LogP contribution in [0.2, 0.25) is 0 Å². The molecular formula is C25H35N3O2. The normalized spacial score (nSPS) is 27.7. The number of hydrogen-bond acceptors (Lipinski definition) is 4. The van der Waals surface area contributed by atoms with E-state index in [0.717, 1.165) is 24.6 Å². The Kier molecular flexibility index (Phi) is 5.57. The number of anilines is 1. The smallest absolute Gasteiger partial charge is 0.234 e. The topological polar surface area (TPSA) is 52.7 Å². The van der Waals surface area contributed by atoms with Gasteiger partial charge in [0.1, 0.15) is 0 Å². The van der Waals surface area contributed by atoms with Crippen LogP contribution in [0.25, 0.3) is 0 Å². The fraction of sp³-hybridized carbons (Fsp3) is 0.680. The Labute approximate surface area is 180 Å². The molecule has 1 aromatic rings. The average Bonchev–Trinajstić information content (AvgIpc) is 2.74. The van der Waals surface area contributed by atoms with Gasteiger partial charge in [-0.3, -0.25) is 14.9 Å². The minimum Gasteiger partial charge on any atom is -0.371 e. The van der Waals surface area contributed by atoms with Gasteiger partial charge in [-0.15, -0.1) is 0 Å². The molecule has 0 radical (unpaired) electrons. The largest absolute Gasteiger partial charge is 0.371 e. The van der Waals surface area contributed by atoms with E-state index in [1.54, 1.807) is 0 Å². The van der Waals surface area contributed by atoms with Crippen molar-refractivity contribution in [3.63, 3.8) is 0 Å². The monoisotopic (exact) mass is 409 g/mol. The third kappa shape index (κ3) is 4.14. The molecule has 162 valence electrons. The van der Waals surface area contributed by atoms with Crippen molar-refractivity contribution in [1.82, 2.24) is 10.2 Å². The molecule has 5 rings (SSSR count). The minimum absolute atomic E-state index is 0.150. The third-order valence-corrected chi connectivity index (χ3v) is 8.08.